The molecule has 0 bridgehead atoms. The fourth-order valence-electron chi connectivity index (χ4n) is 2.64. The Morgan fingerprint density at radius 2 is 1.77 bits per heavy atom. The van der Waals surface area contributed by atoms with Gasteiger partial charge in [-0.3, -0.25) is 9.59 Å². The lowest BCUT2D eigenvalue weighted by Gasteiger charge is -2.11. The van der Waals surface area contributed by atoms with Gasteiger partial charge >= 0.3 is 11.8 Å². The summed E-state index contributed by atoms with van der Waals surface area (Å²) in [5, 5.41) is 6.45. The quantitative estimate of drug-likeness (QED) is 0.492. The number of rotatable bonds is 5. The molecule has 0 spiro atoms. The fraction of sp³-hybridized carbons (Fsp3) is 0.350. The molecule has 1 aromatic carbocycles. The van der Waals surface area contributed by atoms with Crippen molar-refractivity contribution in [3.05, 3.63) is 52.8 Å². The van der Waals surface area contributed by atoms with E-state index in [-0.39, 0.29) is 0 Å². The van der Waals surface area contributed by atoms with Gasteiger partial charge in [0.2, 0.25) is 0 Å². The number of anilines is 1. The van der Waals surface area contributed by atoms with Crippen molar-refractivity contribution in [3.63, 3.8) is 0 Å². The summed E-state index contributed by atoms with van der Waals surface area (Å²) in [6.07, 6.45) is 1.57. The maximum absolute atomic E-state index is 11.9. The minimum atomic E-state index is -0.808. The van der Waals surface area contributed by atoms with E-state index in [2.05, 4.69) is 34.3 Å². The third-order valence-electron chi connectivity index (χ3n) is 4.05. The van der Waals surface area contributed by atoms with E-state index in [1.165, 1.54) is 0 Å². The summed E-state index contributed by atoms with van der Waals surface area (Å²) in [6, 6.07) is 9.22. The van der Waals surface area contributed by atoms with Crippen molar-refractivity contribution >= 4 is 23.7 Å². The number of nitrogens with zero attached hydrogens (tertiary/aromatic N) is 2. The number of hydrogen-bond acceptors (Lipinski definition) is 3. The van der Waals surface area contributed by atoms with Crippen molar-refractivity contribution in [2.75, 3.05) is 5.32 Å². The van der Waals surface area contributed by atoms with E-state index in [9.17, 15) is 9.59 Å². The number of amides is 2. The van der Waals surface area contributed by atoms with Gasteiger partial charge in [0.1, 0.15) is 0 Å². The summed E-state index contributed by atoms with van der Waals surface area (Å²) in [5.74, 6) is -1.02. The minimum absolute atomic E-state index is 0.537. The van der Waals surface area contributed by atoms with Crippen molar-refractivity contribution in [2.24, 2.45) is 11.0 Å². The largest absolute Gasteiger partial charge is 0.348 e. The third-order valence-corrected chi connectivity index (χ3v) is 4.05. The second-order valence-corrected chi connectivity index (χ2v) is 6.85. The standard InChI is InChI=1S/C20H26N4O2/c1-13(2)12-24-15(4)10-17(16(24)5)11-21-23-20(26)19(25)22-18-8-6-14(3)7-9-18/h6-11,13H,12H2,1-5H3,(H,22,25)(H,23,26)/b21-11-. The Labute approximate surface area is 154 Å². The molecule has 0 saturated heterocycles. The van der Waals surface area contributed by atoms with Gasteiger partial charge < -0.3 is 9.88 Å². The lowest BCUT2D eigenvalue weighted by molar-refractivity contribution is -0.136. The molecule has 0 aliphatic heterocycles. The lowest BCUT2D eigenvalue weighted by Crippen LogP contribution is -2.32. The predicted octanol–water partition coefficient (Wildman–Crippen LogP) is 3.16. The van der Waals surface area contributed by atoms with Gasteiger partial charge in [-0.1, -0.05) is 31.5 Å². The summed E-state index contributed by atoms with van der Waals surface area (Å²) in [4.78, 5) is 23.8. The van der Waals surface area contributed by atoms with E-state index >= 15 is 0 Å². The second-order valence-electron chi connectivity index (χ2n) is 6.85. The summed E-state index contributed by atoms with van der Waals surface area (Å²) >= 11 is 0. The van der Waals surface area contributed by atoms with Crippen LogP contribution in [0.1, 0.15) is 36.4 Å². The number of hydrogen-bond donors (Lipinski definition) is 2. The number of nitrogens with one attached hydrogen (secondary N) is 2. The van der Waals surface area contributed by atoms with Crippen LogP contribution in [0.25, 0.3) is 0 Å². The Morgan fingerprint density at radius 1 is 1.12 bits per heavy atom. The number of aryl methyl sites for hydroxylation is 2. The lowest BCUT2D eigenvalue weighted by atomic mass is 10.2. The molecule has 138 valence electrons. The molecule has 0 radical (unpaired) electrons. The van der Waals surface area contributed by atoms with E-state index < -0.39 is 11.8 Å². The van der Waals surface area contributed by atoms with E-state index in [0.29, 0.717) is 11.6 Å². The second kappa shape index (κ2) is 8.47. The Hall–Kier alpha value is -2.89. The molecule has 1 aromatic heterocycles. The monoisotopic (exact) mass is 354 g/mol. The molecule has 6 nitrogen and oxygen atoms in total. The zero-order valence-corrected chi connectivity index (χ0v) is 16.0. The van der Waals surface area contributed by atoms with Crippen LogP contribution in [0.4, 0.5) is 5.69 Å². The van der Waals surface area contributed by atoms with E-state index in [1.807, 2.05) is 39.0 Å². The van der Waals surface area contributed by atoms with Crippen molar-refractivity contribution in [2.45, 2.75) is 41.2 Å². The minimum Gasteiger partial charge on any atom is -0.348 e. The highest BCUT2D eigenvalue weighted by Crippen LogP contribution is 2.15. The average Bonchev–Trinajstić information content (AvgIpc) is 2.84. The first kappa shape index (κ1) is 19.4. The van der Waals surface area contributed by atoms with Gasteiger partial charge in [0.15, 0.2) is 0 Å². The normalized spacial score (nSPS) is 11.2. The van der Waals surface area contributed by atoms with Crippen molar-refractivity contribution in [3.8, 4) is 0 Å². The molecule has 0 saturated carbocycles. The molecule has 0 atom stereocenters. The zero-order chi connectivity index (χ0) is 19.3. The maximum Gasteiger partial charge on any atom is 0.329 e. The van der Waals surface area contributed by atoms with Gasteiger partial charge in [-0.25, -0.2) is 5.43 Å². The van der Waals surface area contributed by atoms with Gasteiger partial charge in [-0.2, -0.15) is 5.10 Å². The SMILES string of the molecule is Cc1ccc(NC(=O)C(=O)N/N=C\c2cc(C)n(CC(C)C)c2C)cc1. The van der Waals surface area contributed by atoms with E-state index in [0.717, 1.165) is 29.1 Å². The number of benzene rings is 1. The molecule has 26 heavy (non-hydrogen) atoms. The average molecular weight is 354 g/mol. The Bertz CT molecular complexity index is 817. The summed E-state index contributed by atoms with van der Waals surface area (Å²) in [5.41, 5.74) is 7.05. The van der Waals surface area contributed by atoms with Gasteiger partial charge in [0.05, 0.1) is 6.21 Å². The Kier molecular flexibility index (Phi) is 6.33. The van der Waals surface area contributed by atoms with Crippen LogP contribution in [0.5, 0.6) is 0 Å². The number of carbonyl (C=O) groups excluding carboxylic acids is 2. The van der Waals surface area contributed by atoms with Crippen LogP contribution in [0.3, 0.4) is 0 Å². The molecule has 0 aliphatic carbocycles. The first-order valence-electron chi connectivity index (χ1n) is 8.65. The van der Waals surface area contributed by atoms with Crippen LogP contribution in [0, 0.1) is 26.7 Å². The van der Waals surface area contributed by atoms with Crippen LogP contribution in [0.2, 0.25) is 0 Å². The highest BCUT2D eigenvalue weighted by molar-refractivity contribution is 6.39. The van der Waals surface area contributed by atoms with E-state index in [4.69, 9.17) is 0 Å². The molecule has 2 rings (SSSR count). The molecule has 6 heteroatoms. The Morgan fingerprint density at radius 3 is 2.38 bits per heavy atom. The van der Waals surface area contributed by atoms with Gasteiger partial charge in [0, 0.05) is 29.2 Å². The van der Waals surface area contributed by atoms with Crippen molar-refractivity contribution in [1.82, 2.24) is 9.99 Å². The molecule has 0 unspecified atom stereocenters. The van der Waals surface area contributed by atoms with Crippen molar-refractivity contribution in [1.29, 1.82) is 0 Å². The molecular formula is C20H26N4O2. The van der Waals surface area contributed by atoms with Crippen LogP contribution >= 0.6 is 0 Å². The Balaban J connectivity index is 1.96. The molecule has 0 aliphatic rings. The molecule has 2 N–H and O–H groups in total. The summed E-state index contributed by atoms with van der Waals surface area (Å²) in [6.45, 7) is 11.3. The van der Waals surface area contributed by atoms with Gasteiger partial charge in [-0.05, 0) is 44.9 Å². The smallest absolute Gasteiger partial charge is 0.329 e. The number of carbonyl (C=O) groups is 2. The molecule has 2 amide bonds. The first-order valence-corrected chi connectivity index (χ1v) is 8.65. The van der Waals surface area contributed by atoms with Crippen LogP contribution < -0.4 is 10.7 Å². The van der Waals surface area contributed by atoms with Gasteiger partial charge in [0.25, 0.3) is 0 Å². The molecule has 0 fully saturated rings. The molecular weight excluding hydrogens is 328 g/mol. The molecule has 1 heterocycles. The predicted molar refractivity (Wildman–Crippen MR) is 104 cm³/mol. The molecule has 2 aromatic rings. The van der Waals surface area contributed by atoms with Crippen LogP contribution in [-0.4, -0.2) is 22.6 Å². The van der Waals surface area contributed by atoms with Crippen LogP contribution in [0.15, 0.2) is 35.4 Å². The fourth-order valence-corrected chi connectivity index (χ4v) is 2.64. The number of aromatic nitrogens is 1. The summed E-state index contributed by atoms with van der Waals surface area (Å²) in [7, 11) is 0. The highest BCUT2D eigenvalue weighted by atomic mass is 16.2. The third kappa shape index (κ3) is 5.05. The highest BCUT2D eigenvalue weighted by Gasteiger charge is 2.13. The zero-order valence-electron chi connectivity index (χ0n) is 16.0. The maximum atomic E-state index is 11.9. The number of hydrazone groups is 1. The summed E-state index contributed by atoms with van der Waals surface area (Å²) < 4.78 is 2.22. The van der Waals surface area contributed by atoms with Crippen LogP contribution in [-0.2, 0) is 16.1 Å². The van der Waals surface area contributed by atoms with Gasteiger partial charge in [-0.15, -0.1) is 0 Å². The van der Waals surface area contributed by atoms with E-state index in [1.54, 1.807) is 18.3 Å². The topological polar surface area (TPSA) is 75.5 Å². The van der Waals surface area contributed by atoms with Crippen molar-refractivity contribution < 1.29 is 9.59 Å². The first-order chi connectivity index (χ1) is 12.3.